The molecule has 4 heteroatoms. The van der Waals surface area contributed by atoms with Gasteiger partial charge >= 0.3 is 0 Å². The molecule has 2 aromatic carbocycles. The van der Waals surface area contributed by atoms with Gasteiger partial charge in [-0.3, -0.25) is 0 Å². The fourth-order valence-corrected chi connectivity index (χ4v) is 3.49. The number of hydrogen-bond acceptors (Lipinski definition) is 4. The molecule has 1 aliphatic rings. The van der Waals surface area contributed by atoms with Gasteiger partial charge in [0.25, 0.3) is 0 Å². The van der Waals surface area contributed by atoms with E-state index in [2.05, 4.69) is 36.2 Å². The first-order chi connectivity index (χ1) is 11.2. The zero-order valence-corrected chi connectivity index (χ0v) is 13.9. The Balaban J connectivity index is 2.20. The standard InChI is InChI=1S/C19H23NO3/c1-20-10-15(13-7-5-4-6-8-13)18-14(12-22-2)9-17(23-3)19(21)16(18)11-20/h4-9,15,21H,10-12H2,1-3H3. The van der Waals surface area contributed by atoms with Gasteiger partial charge in [0.1, 0.15) is 0 Å². The number of methoxy groups -OCH3 is 2. The molecule has 3 rings (SSSR count). The molecule has 0 spiro atoms. The maximum atomic E-state index is 10.6. The van der Waals surface area contributed by atoms with E-state index >= 15 is 0 Å². The van der Waals surface area contributed by atoms with E-state index in [9.17, 15) is 5.11 Å². The number of phenolic OH excluding ortho intramolecular Hbond substituents is 1. The molecule has 0 fully saturated rings. The second kappa shape index (κ2) is 6.60. The lowest BCUT2D eigenvalue weighted by molar-refractivity contribution is 0.181. The molecule has 1 aliphatic heterocycles. The molecule has 0 bridgehead atoms. The number of hydrogen-bond donors (Lipinski definition) is 1. The third kappa shape index (κ3) is 2.92. The summed E-state index contributed by atoms with van der Waals surface area (Å²) in [6, 6.07) is 12.3. The van der Waals surface area contributed by atoms with Gasteiger partial charge in [0.15, 0.2) is 11.5 Å². The Bertz CT molecular complexity index is 685. The molecular weight excluding hydrogens is 290 g/mol. The van der Waals surface area contributed by atoms with Crippen molar-refractivity contribution in [2.45, 2.75) is 19.1 Å². The van der Waals surface area contributed by atoms with Gasteiger partial charge in [-0.05, 0) is 29.8 Å². The molecule has 0 aromatic heterocycles. The molecule has 0 aliphatic carbocycles. The zero-order valence-electron chi connectivity index (χ0n) is 13.9. The van der Waals surface area contributed by atoms with Gasteiger partial charge in [-0.1, -0.05) is 30.3 Å². The van der Waals surface area contributed by atoms with Crippen molar-refractivity contribution in [2.24, 2.45) is 0 Å². The molecule has 0 saturated heterocycles. The van der Waals surface area contributed by atoms with Gasteiger partial charge in [0.05, 0.1) is 13.7 Å². The Kier molecular flexibility index (Phi) is 4.55. The van der Waals surface area contributed by atoms with Crippen LogP contribution in [-0.4, -0.2) is 37.8 Å². The van der Waals surface area contributed by atoms with E-state index in [1.165, 1.54) is 11.1 Å². The van der Waals surface area contributed by atoms with Crippen LogP contribution in [-0.2, 0) is 17.9 Å². The van der Waals surface area contributed by atoms with E-state index < -0.39 is 0 Å². The van der Waals surface area contributed by atoms with Gasteiger partial charge in [0, 0.05) is 31.7 Å². The van der Waals surface area contributed by atoms with Crippen molar-refractivity contribution in [1.82, 2.24) is 4.90 Å². The third-order valence-electron chi connectivity index (χ3n) is 4.49. The highest BCUT2D eigenvalue weighted by atomic mass is 16.5. The van der Waals surface area contributed by atoms with Crippen LogP contribution in [0.2, 0.25) is 0 Å². The maximum absolute atomic E-state index is 10.6. The minimum atomic E-state index is 0.215. The summed E-state index contributed by atoms with van der Waals surface area (Å²) in [6.45, 7) is 2.13. The summed E-state index contributed by atoms with van der Waals surface area (Å²) in [5, 5.41) is 10.6. The van der Waals surface area contributed by atoms with Crippen LogP contribution in [0.4, 0.5) is 0 Å². The Labute approximate surface area is 137 Å². The first kappa shape index (κ1) is 15.8. The molecule has 23 heavy (non-hydrogen) atoms. The largest absolute Gasteiger partial charge is 0.504 e. The van der Waals surface area contributed by atoms with Gasteiger partial charge in [-0.15, -0.1) is 0 Å². The Morgan fingerprint density at radius 2 is 1.96 bits per heavy atom. The number of ether oxygens (including phenoxy) is 2. The number of aromatic hydroxyl groups is 1. The molecule has 2 aromatic rings. The lowest BCUT2D eigenvalue weighted by Gasteiger charge is -2.35. The van der Waals surface area contributed by atoms with E-state index in [0.29, 0.717) is 18.9 Å². The second-order valence-corrected chi connectivity index (χ2v) is 6.07. The first-order valence-corrected chi connectivity index (χ1v) is 7.79. The summed E-state index contributed by atoms with van der Waals surface area (Å²) >= 11 is 0. The Hall–Kier alpha value is -2.04. The Morgan fingerprint density at radius 3 is 2.61 bits per heavy atom. The predicted octanol–water partition coefficient (Wildman–Crippen LogP) is 3.12. The molecule has 4 nitrogen and oxygen atoms in total. The SMILES string of the molecule is COCc1cc(OC)c(O)c2c1C(c1ccccc1)CN(C)C2. The smallest absolute Gasteiger partial charge is 0.162 e. The summed E-state index contributed by atoms with van der Waals surface area (Å²) in [5.74, 6) is 0.972. The minimum absolute atomic E-state index is 0.215. The van der Waals surface area contributed by atoms with Crippen LogP contribution in [0.1, 0.15) is 28.2 Å². The van der Waals surface area contributed by atoms with Crippen molar-refractivity contribution in [3.63, 3.8) is 0 Å². The topological polar surface area (TPSA) is 41.9 Å². The molecule has 0 saturated carbocycles. The minimum Gasteiger partial charge on any atom is -0.504 e. The first-order valence-electron chi connectivity index (χ1n) is 7.79. The molecular formula is C19H23NO3. The fraction of sp³-hybridized carbons (Fsp3) is 0.368. The summed E-state index contributed by atoms with van der Waals surface area (Å²) in [7, 11) is 5.35. The van der Waals surface area contributed by atoms with E-state index in [4.69, 9.17) is 9.47 Å². The van der Waals surface area contributed by atoms with E-state index in [1.807, 2.05) is 12.1 Å². The van der Waals surface area contributed by atoms with Crippen LogP contribution >= 0.6 is 0 Å². The van der Waals surface area contributed by atoms with Crippen molar-refractivity contribution in [2.75, 3.05) is 27.8 Å². The number of benzene rings is 2. The van der Waals surface area contributed by atoms with Gasteiger partial charge in [-0.25, -0.2) is 0 Å². The van der Waals surface area contributed by atoms with E-state index in [0.717, 1.165) is 17.7 Å². The zero-order chi connectivity index (χ0) is 16.4. The van der Waals surface area contributed by atoms with Gasteiger partial charge < -0.3 is 19.5 Å². The number of fused-ring (bicyclic) bond motifs is 1. The van der Waals surface area contributed by atoms with Crippen LogP contribution in [0.15, 0.2) is 36.4 Å². The van der Waals surface area contributed by atoms with Crippen molar-refractivity contribution >= 4 is 0 Å². The molecule has 122 valence electrons. The quantitative estimate of drug-likeness (QED) is 0.942. The average Bonchev–Trinajstić information content (AvgIpc) is 2.57. The molecule has 1 atom stereocenters. The fourth-order valence-electron chi connectivity index (χ4n) is 3.49. The number of phenols is 1. The Morgan fingerprint density at radius 1 is 1.22 bits per heavy atom. The highest BCUT2D eigenvalue weighted by Gasteiger charge is 2.31. The normalized spacial score (nSPS) is 17.8. The maximum Gasteiger partial charge on any atom is 0.162 e. The monoisotopic (exact) mass is 313 g/mol. The van der Waals surface area contributed by atoms with Crippen molar-refractivity contribution in [3.05, 3.63) is 58.7 Å². The van der Waals surface area contributed by atoms with Gasteiger partial charge in [0.2, 0.25) is 0 Å². The van der Waals surface area contributed by atoms with Crippen LogP contribution in [0, 0.1) is 0 Å². The van der Waals surface area contributed by atoms with E-state index in [-0.39, 0.29) is 11.7 Å². The molecule has 1 unspecified atom stereocenters. The summed E-state index contributed by atoms with van der Waals surface area (Å²) in [6.07, 6.45) is 0. The average molecular weight is 313 g/mol. The van der Waals surface area contributed by atoms with Crippen molar-refractivity contribution in [3.8, 4) is 11.5 Å². The van der Waals surface area contributed by atoms with Crippen molar-refractivity contribution in [1.29, 1.82) is 0 Å². The summed E-state index contributed by atoms with van der Waals surface area (Å²) < 4.78 is 10.7. The van der Waals surface area contributed by atoms with E-state index in [1.54, 1.807) is 14.2 Å². The van der Waals surface area contributed by atoms with Crippen molar-refractivity contribution < 1.29 is 14.6 Å². The van der Waals surface area contributed by atoms with Crippen LogP contribution in [0.25, 0.3) is 0 Å². The number of rotatable bonds is 4. The summed E-state index contributed by atoms with van der Waals surface area (Å²) in [4.78, 5) is 2.23. The number of nitrogens with zero attached hydrogens (tertiary/aromatic N) is 1. The number of likely N-dealkylation sites (N-methyl/N-ethyl adjacent to an activating group) is 1. The highest BCUT2D eigenvalue weighted by Crippen LogP contribution is 2.44. The van der Waals surface area contributed by atoms with Gasteiger partial charge in [-0.2, -0.15) is 0 Å². The molecule has 1 N–H and O–H groups in total. The third-order valence-corrected chi connectivity index (χ3v) is 4.49. The molecule has 1 heterocycles. The van der Waals surface area contributed by atoms with Crippen LogP contribution < -0.4 is 4.74 Å². The molecule has 0 amide bonds. The molecule has 0 radical (unpaired) electrons. The van der Waals surface area contributed by atoms with Crippen LogP contribution in [0.5, 0.6) is 11.5 Å². The summed E-state index contributed by atoms with van der Waals surface area (Å²) in [5.41, 5.74) is 4.45. The highest BCUT2D eigenvalue weighted by molar-refractivity contribution is 5.57. The lowest BCUT2D eigenvalue weighted by atomic mass is 9.81. The predicted molar refractivity (Wildman–Crippen MR) is 90.0 cm³/mol. The lowest BCUT2D eigenvalue weighted by Crippen LogP contribution is -2.32. The van der Waals surface area contributed by atoms with Crippen LogP contribution in [0.3, 0.4) is 0 Å². The second-order valence-electron chi connectivity index (χ2n) is 6.07.